The molecule has 0 spiro atoms. The summed E-state index contributed by atoms with van der Waals surface area (Å²) >= 11 is 0. The molecule has 7 nitrogen and oxygen atoms in total. The first-order valence-electron chi connectivity index (χ1n) is 7.21. The molecular weight excluding hydrogens is 284 g/mol. The van der Waals surface area contributed by atoms with Crippen molar-refractivity contribution in [1.29, 1.82) is 0 Å². The van der Waals surface area contributed by atoms with Gasteiger partial charge in [-0.2, -0.15) is 0 Å². The molecule has 1 saturated heterocycles. The van der Waals surface area contributed by atoms with Gasteiger partial charge in [-0.05, 0) is 31.9 Å². The zero-order valence-electron chi connectivity index (χ0n) is 12.3. The maximum absolute atomic E-state index is 12.3. The number of piperidine rings is 1. The number of carbonyl (C=O) groups is 2. The Hall–Kier alpha value is -2.57. The van der Waals surface area contributed by atoms with Gasteiger partial charge in [0.1, 0.15) is 17.1 Å². The van der Waals surface area contributed by atoms with Crippen LogP contribution in [0.2, 0.25) is 0 Å². The van der Waals surface area contributed by atoms with Gasteiger partial charge < -0.3 is 19.6 Å². The lowest BCUT2D eigenvalue weighted by Gasteiger charge is -2.40. The highest BCUT2D eigenvalue weighted by atomic mass is 16.4. The lowest BCUT2D eigenvalue weighted by molar-refractivity contribution is -0.150. The Kier molecular flexibility index (Phi) is 3.48. The highest BCUT2D eigenvalue weighted by Gasteiger charge is 2.44. The molecule has 1 amide bonds. The maximum Gasteiger partial charge on any atom is 0.330 e. The van der Waals surface area contributed by atoms with E-state index in [1.165, 1.54) is 0 Å². The zero-order valence-corrected chi connectivity index (χ0v) is 12.3. The fraction of sp³-hybridized carbons (Fsp3) is 0.400. The van der Waals surface area contributed by atoms with E-state index in [2.05, 4.69) is 9.97 Å². The third-order valence-corrected chi connectivity index (χ3v) is 4.39. The van der Waals surface area contributed by atoms with Crippen LogP contribution in [0.4, 0.5) is 0 Å². The van der Waals surface area contributed by atoms with Crippen LogP contribution in [0.1, 0.15) is 29.2 Å². The number of carboxylic acids is 1. The first-order valence-corrected chi connectivity index (χ1v) is 7.21. The van der Waals surface area contributed by atoms with E-state index < -0.39 is 11.5 Å². The minimum absolute atomic E-state index is 0.0914. The number of hydrogen-bond acceptors (Lipinski definition) is 3. The Morgan fingerprint density at radius 1 is 1.36 bits per heavy atom. The number of aliphatic carboxylic acids is 1. The Morgan fingerprint density at radius 2 is 2.09 bits per heavy atom. The number of aromatic amines is 1. The van der Waals surface area contributed by atoms with Crippen LogP contribution in [-0.4, -0.2) is 49.5 Å². The molecule has 0 radical (unpaired) electrons. The van der Waals surface area contributed by atoms with Crippen LogP contribution in [-0.2, 0) is 10.3 Å². The predicted octanol–water partition coefficient (Wildman–Crippen LogP) is 1.24. The number of rotatable bonds is 3. The van der Waals surface area contributed by atoms with Crippen LogP contribution in [0.3, 0.4) is 0 Å². The molecule has 0 unspecified atom stereocenters. The molecule has 2 N–H and O–H groups in total. The molecule has 0 atom stereocenters. The molecule has 0 saturated carbocycles. The molecule has 3 heterocycles. The molecule has 1 fully saturated rings. The molecule has 0 bridgehead atoms. The number of carbonyl (C=O) groups excluding carboxylic acids is 1. The maximum atomic E-state index is 12.3. The Morgan fingerprint density at radius 3 is 2.59 bits per heavy atom. The van der Waals surface area contributed by atoms with Gasteiger partial charge in [0, 0.05) is 31.7 Å². The number of aryl methyl sites for hydroxylation is 1. The van der Waals surface area contributed by atoms with Crippen molar-refractivity contribution >= 4 is 11.9 Å². The number of nitrogens with zero attached hydrogens (tertiary/aromatic N) is 3. The average Bonchev–Trinajstić information content (AvgIpc) is 3.18. The summed E-state index contributed by atoms with van der Waals surface area (Å²) in [6.07, 6.45) is 5.74. The summed E-state index contributed by atoms with van der Waals surface area (Å²) in [6, 6.07) is 3.50. The number of hydrogen-bond donors (Lipinski definition) is 2. The number of likely N-dealkylation sites (tertiary alicyclic amines) is 1. The monoisotopic (exact) mass is 302 g/mol. The first-order chi connectivity index (χ1) is 10.5. The van der Waals surface area contributed by atoms with Gasteiger partial charge in [0.05, 0.1) is 0 Å². The smallest absolute Gasteiger partial charge is 0.330 e. The van der Waals surface area contributed by atoms with Crippen molar-refractivity contribution in [2.24, 2.45) is 0 Å². The van der Waals surface area contributed by atoms with E-state index in [0.717, 1.165) is 0 Å². The van der Waals surface area contributed by atoms with Crippen molar-refractivity contribution in [1.82, 2.24) is 19.4 Å². The van der Waals surface area contributed by atoms with Crippen molar-refractivity contribution in [2.75, 3.05) is 13.1 Å². The predicted molar refractivity (Wildman–Crippen MR) is 78.5 cm³/mol. The first kappa shape index (κ1) is 14.4. The van der Waals surface area contributed by atoms with Crippen LogP contribution in [0, 0.1) is 6.92 Å². The van der Waals surface area contributed by atoms with Crippen LogP contribution >= 0.6 is 0 Å². The summed E-state index contributed by atoms with van der Waals surface area (Å²) in [4.78, 5) is 32.9. The van der Waals surface area contributed by atoms with Gasteiger partial charge >= 0.3 is 5.97 Å². The molecule has 116 valence electrons. The Bertz CT molecular complexity index is 681. The number of imidazole rings is 1. The number of amides is 1. The van der Waals surface area contributed by atoms with Gasteiger partial charge in [-0.3, -0.25) is 4.79 Å². The molecule has 1 aliphatic rings. The molecular formula is C15H18N4O3. The standard InChI is InChI=1S/C15H18N4O3/c1-11-16-7-10-19(11)15(14(21)22)4-8-18(9-5-15)13(20)12-3-2-6-17-12/h2-3,6-7,10,17H,4-5,8-9H2,1H3,(H,21,22). The summed E-state index contributed by atoms with van der Waals surface area (Å²) in [5.74, 6) is -0.293. The summed E-state index contributed by atoms with van der Waals surface area (Å²) in [6.45, 7) is 2.60. The summed E-state index contributed by atoms with van der Waals surface area (Å²) in [5, 5.41) is 9.74. The average molecular weight is 302 g/mol. The second-order valence-corrected chi connectivity index (χ2v) is 5.56. The summed E-state index contributed by atoms with van der Waals surface area (Å²) in [5.41, 5.74) is -0.491. The van der Waals surface area contributed by atoms with Crippen molar-refractivity contribution in [3.63, 3.8) is 0 Å². The molecule has 3 rings (SSSR count). The fourth-order valence-electron chi connectivity index (χ4n) is 3.10. The molecule has 7 heteroatoms. The van der Waals surface area contributed by atoms with Crippen LogP contribution in [0.15, 0.2) is 30.7 Å². The number of aromatic nitrogens is 3. The number of H-pyrrole nitrogens is 1. The van der Waals surface area contributed by atoms with E-state index >= 15 is 0 Å². The van der Waals surface area contributed by atoms with Crippen molar-refractivity contribution in [2.45, 2.75) is 25.3 Å². The van der Waals surface area contributed by atoms with E-state index in [0.29, 0.717) is 37.4 Å². The van der Waals surface area contributed by atoms with Crippen LogP contribution < -0.4 is 0 Å². The van der Waals surface area contributed by atoms with Gasteiger partial charge in [-0.25, -0.2) is 9.78 Å². The molecule has 0 aliphatic carbocycles. The van der Waals surface area contributed by atoms with Crippen LogP contribution in [0.5, 0.6) is 0 Å². The molecule has 2 aromatic heterocycles. The minimum Gasteiger partial charge on any atom is -0.479 e. The van der Waals surface area contributed by atoms with E-state index in [9.17, 15) is 14.7 Å². The van der Waals surface area contributed by atoms with Gasteiger partial charge in [0.2, 0.25) is 0 Å². The lowest BCUT2D eigenvalue weighted by atomic mass is 9.86. The summed E-state index contributed by atoms with van der Waals surface area (Å²) < 4.78 is 1.71. The quantitative estimate of drug-likeness (QED) is 0.892. The van der Waals surface area contributed by atoms with Gasteiger partial charge in [0.25, 0.3) is 5.91 Å². The van der Waals surface area contributed by atoms with Crippen molar-refractivity contribution in [3.05, 3.63) is 42.2 Å². The van der Waals surface area contributed by atoms with E-state index in [-0.39, 0.29) is 5.91 Å². The lowest BCUT2D eigenvalue weighted by Crippen LogP contribution is -2.52. The minimum atomic E-state index is -1.02. The highest BCUT2D eigenvalue weighted by Crippen LogP contribution is 2.32. The van der Waals surface area contributed by atoms with Crippen molar-refractivity contribution in [3.8, 4) is 0 Å². The van der Waals surface area contributed by atoms with Gasteiger partial charge in [-0.15, -0.1) is 0 Å². The number of nitrogens with one attached hydrogen (secondary N) is 1. The third-order valence-electron chi connectivity index (χ3n) is 4.39. The normalized spacial score (nSPS) is 17.4. The third kappa shape index (κ3) is 2.18. The Labute approximate surface area is 127 Å². The van der Waals surface area contributed by atoms with Crippen LogP contribution in [0.25, 0.3) is 0 Å². The van der Waals surface area contributed by atoms with E-state index in [1.807, 2.05) is 0 Å². The molecule has 0 aromatic carbocycles. The SMILES string of the molecule is Cc1nccn1C1(C(=O)O)CCN(C(=O)c2ccc[nH]2)CC1. The highest BCUT2D eigenvalue weighted by molar-refractivity contribution is 5.92. The molecule has 22 heavy (non-hydrogen) atoms. The second-order valence-electron chi connectivity index (χ2n) is 5.56. The Balaban J connectivity index is 1.81. The topological polar surface area (TPSA) is 91.2 Å². The molecule has 2 aromatic rings. The largest absolute Gasteiger partial charge is 0.479 e. The van der Waals surface area contributed by atoms with Gasteiger partial charge in [-0.1, -0.05) is 0 Å². The second kappa shape index (κ2) is 5.32. The molecule has 1 aliphatic heterocycles. The van der Waals surface area contributed by atoms with Gasteiger partial charge in [0.15, 0.2) is 0 Å². The summed E-state index contributed by atoms with van der Waals surface area (Å²) in [7, 11) is 0. The zero-order chi connectivity index (χ0) is 15.7. The van der Waals surface area contributed by atoms with Crippen molar-refractivity contribution < 1.29 is 14.7 Å². The van der Waals surface area contributed by atoms with E-state index in [1.54, 1.807) is 47.1 Å². The fourth-order valence-corrected chi connectivity index (χ4v) is 3.10. The van der Waals surface area contributed by atoms with E-state index in [4.69, 9.17) is 0 Å². The number of carboxylic acid groups (broad SMARTS) is 1.